The summed E-state index contributed by atoms with van der Waals surface area (Å²) in [5, 5.41) is 9.05. The lowest BCUT2D eigenvalue weighted by Gasteiger charge is -2.13. The minimum absolute atomic E-state index is 0.236. The minimum Gasteiger partial charge on any atom is -0.463 e. The number of carbonyl (C=O) groups is 1. The standard InChI is InChI=1S/C12H17NO4/c1-16-12(15)11-3-2-10(17-11)7-13-5-4-9(6-13)8-14/h2-3,9,14H,4-8H2,1H3. The number of likely N-dealkylation sites (tertiary alicyclic amines) is 1. The highest BCUT2D eigenvalue weighted by atomic mass is 16.5. The molecule has 1 N–H and O–H groups in total. The molecule has 1 aromatic heterocycles. The van der Waals surface area contributed by atoms with Gasteiger partial charge in [0.2, 0.25) is 5.76 Å². The summed E-state index contributed by atoms with van der Waals surface area (Å²) >= 11 is 0. The maximum absolute atomic E-state index is 11.2. The zero-order valence-electron chi connectivity index (χ0n) is 9.89. The van der Waals surface area contributed by atoms with Gasteiger partial charge in [-0.1, -0.05) is 0 Å². The maximum Gasteiger partial charge on any atom is 0.373 e. The SMILES string of the molecule is COC(=O)c1ccc(CN2CCC(CO)C2)o1. The molecule has 0 saturated carbocycles. The minimum atomic E-state index is -0.453. The summed E-state index contributed by atoms with van der Waals surface area (Å²) in [5.74, 6) is 0.903. The predicted octanol–water partition coefficient (Wildman–Crippen LogP) is 0.880. The van der Waals surface area contributed by atoms with Gasteiger partial charge in [0.1, 0.15) is 5.76 Å². The summed E-state index contributed by atoms with van der Waals surface area (Å²) in [7, 11) is 1.33. The molecule has 5 heteroatoms. The highest BCUT2D eigenvalue weighted by Gasteiger charge is 2.22. The fourth-order valence-electron chi connectivity index (χ4n) is 2.10. The van der Waals surface area contributed by atoms with Gasteiger partial charge in [0, 0.05) is 13.2 Å². The van der Waals surface area contributed by atoms with E-state index in [1.165, 1.54) is 7.11 Å². The van der Waals surface area contributed by atoms with Crippen molar-refractivity contribution in [2.75, 3.05) is 26.8 Å². The van der Waals surface area contributed by atoms with Crippen molar-refractivity contribution in [2.45, 2.75) is 13.0 Å². The molecule has 0 spiro atoms. The lowest BCUT2D eigenvalue weighted by molar-refractivity contribution is 0.0561. The number of furan rings is 1. The molecule has 5 nitrogen and oxygen atoms in total. The quantitative estimate of drug-likeness (QED) is 0.790. The van der Waals surface area contributed by atoms with Gasteiger partial charge in [-0.2, -0.15) is 0 Å². The molecule has 17 heavy (non-hydrogen) atoms. The van der Waals surface area contributed by atoms with E-state index in [0.29, 0.717) is 12.5 Å². The number of aliphatic hydroxyl groups is 1. The Bertz CT molecular complexity index is 388. The van der Waals surface area contributed by atoms with E-state index in [1.807, 2.05) is 0 Å². The highest BCUT2D eigenvalue weighted by molar-refractivity contribution is 5.86. The Labute approximate surface area is 100.0 Å². The molecule has 1 atom stereocenters. The third-order valence-corrected chi connectivity index (χ3v) is 3.06. The van der Waals surface area contributed by atoms with Crippen LogP contribution in [0.4, 0.5) is 0 Å². The molecule has 0 bridgehead atoms. The van der Waals surface area contributed by atoms with Gasteiger partial charge in [-0.15, -0.1) is 0 Å². The molecule has 0 radical (unpaired) electrons. The summed E-state index contributed by atoms with van der Waals surface area (Å²) in [5.41, 5.74) is 0. The zero-order valence-corrected chi connectivity index (χ0v) is 9.89. The van der Waals surface area contributed by atoms with E-state index in [2.05, 4.69) is 9.64 Å². The van der Waals surface area contributed by atoms with Gasteiger partial charge >= 0.3 is 5.97 Å². The monoisotopic (exact) mass is 239 g/mol. The van der Waals surface area contributed by atoms with Crippen LogP contribution in [-0.2, 0) is 11.3 Å². The Balaban J connectivity index is 1.91. The molecular formula is C12H17NO4. The van der Waals surface area contributed by atoms with Crippen LogP contribution in [0.3, 0.4) is 0 Å². The van der Waals surface area contributed by atoms with Gasteiger partial charge < -0.3 is 14.3 Å². The van der Waals surface area contributed by atoms with Crippen molar-refractivity contribution in [3.63, 3.8) is 0 Å². The molecule has 0 amide bonds. The normalized spacial score (nSPS) is 20.7. The van der Waals surface area contributed by atoms with Crippen molar-refractivity contribution >= 4 is 5.97 Å². The first kappa shape index (κ1) is 12.1. The number of ether oxygens (including phenoxy) is 1. The number of aliphatic hydroxyl groups excluding tert-OH is 1. The van der Waals surface area contributed by atoms with Crippen LogP contribution < -0.4 is 0 Å². The lowest BCUT2D eigenvalue weighted by Crippen LogP contribution is -2.20. The van der Waals surface area contributed by atoms with Crippen LogP contribution >= 0.6 is 0 Å². The topological polar surface area (TPSA) is 62.9 Å². The van der Waals surface area contributed by atoms with Gasteiger partial charge in [-0.3, -0.25) is 4.90 Å². The van der Waals surface area contributed by atoms with E-state index >= 15 is 0 Å². The molecule has 1 aliphatic rings. The van der Waals surface area contributed by atoms with E-state index in [4.69, 9.17) is 9.52 Å². The van der Waals surface area contributed by atoms with Gasteiger partial charge in [-0.25, -0.2) is 4.79 Å². The van der Waals surface area contributed by atoms with Gasteiger partial charge in [0.05, 0.1) is 13.7 Å². The van der Waals surface area contributed by atoms with E-state index in [9.17, 15) is 4.79 Å². The molecule has 1 aromatic rings. The lowest BCUT2D eigenvalue weighted by atomic mass is 10.1. The summed E-state index contributed by atoms with van der Waals surface area (Å²) in [4.78, 5) is 13.4. The summed E-state index contributed by atoms with van der Waals surface area (Å²) in [6.45, 7) is 2.75. The van der Waals surface area contributed by atoms with Gasteiger partial charge in [0.15, 0.2) is 0 Å². The molecule has 0 aliphatic carbocycles. The highest BCUT2D eigenvalue weighted by Crippen LogP contribution is 2.19. The first-order valence-electron chi connectivity index (χ1n) is 5.73. The average Bonchev–Trinajstić information content (AvgIpc) is 2.97. The number of hydrogen-bond acceptors (Lipinski definition) is 5. The largest absolute Gasteiger partial charge is 0.463 e. The van der Waals surface area contributed by atoms with Crippen molar-refractivity contribution < 1.29 is 19.1 Å². The first-order valence-corrected chi connectivity index (χ1v) is 5.73. The van der Waals surface area contributed by atoms with Gasteiger partial charge in [-0.05, 0) is 31.0 Å². The average molecular weight is 239 g/mol. The summed E-state index contributed by atoms with van der Waals surface area (Å²) < 4.78 is 9.96. The van der Waals surface area contributed by atoms with Crippen LogP contribution in [-0.4, -0.2) is 42.8 Å². The second kappa shape index (κ2) is 5.33. The van der Waals surface area contributed by atoms with Crippen molar-refractivity contribution in [1.29, 1.82) is 0 Å². The smallest absolute Gasteiger partial charge is 0.373 e. The summed E-state index contributed by atoms with van der Waals surface area (Å²) in [6, 6.07) is 3.42. The van der Waals surface area contributed by atoms with E-state index in [-0.39, 0.29) is 12.4 Å². The maximum atomic E-state index is 11.2. The van der Waals surface area contributed by atoms with Crippen molar-refractivity contribution in [3.05, 3.63) is 23.7 Å². The van der Waals surface area contributed by atoms with Crippen molar-refractivity contribution in [2.24, 2.45) is 5.92 Å². The van der Waals surface area contributed by atoms with Crippen LogP contribution in [0.25, 0.3) is 0 Å². The van der Waals surface area contributed by atoms with Crippen LogP contribution in [0, 0.1) is 5.92 Å². The molecule has 2 heterocycles. The number of esters is 1. The second-order valence-electron chi connectivity index (χ2n) is 4.33. The van der Waals surface area contributed by atoms with Crippen LogP contribution in [0.15, 0.2) is 16.5 Å². The van der Waals surface area contributed by atoms with E-state index in [0.717, 1.165) is 25.3 Å². The van der Waals surface area contributed by atoms with Gasteiger partial charge in [0.25, 0.3) is 0 Å². The van der Waals surface area contributed by atoms with Crippen molar-refractivity contribution in [3.8, 4) is 0 Å². The molecular weight excluding hydrogens is 222 g/mol. The Morgan fingerprint density at radius 3 is 3.12 bits per heavy atom. The van der Waals surface area contributed by atoms with Crippen LogP contribution in [0.1, 0.15) is 22.7 Å². The fourth-order valence-corrected chi connectivity index (χ4v) is 2.10. The Hall–Kier alpha value is -1.33. The fraction of sp³-hybridized carbons (Fsp3) is 0.583. The Morgan fingerprint density at radius 2 is 2.47 bits per heavy atom. The molecule has 1 saturated heterocycles. The van der Waals surface area contributed by atoms with Crippen LogP contribution in [0.5, 0.6) is 0 Å². The zero-order chi connectivity index (χ0) is 12.3. The third kappa shape index (κ3) is 2.87. The van der Waals surface area contributed by atoms with E-state index < -0.39 is 5.97 Å². The van der Waals surface area contributed by atoms with Crippen molar-refractivity contribution in [1.82, 2.24) is 4.90 Å². The molecule has 1 unspecified atom stereocenters. The second-order valence-corrected chi connectivity index (χ2v) is 4.33. The predicted molar refractivity (Wildman–Crippen MR) is 60.5 cm³/mol. The molecule has 0 aromatic carbocycles. The Kier molecular flexibility index (Phi) is 3.81. The number of carbonyl (C=O) groups excluding carboxylic acids is 1. The Morgan fingerprint density at radius 1 is 1.65 bits per heavy atom. The first-order chi connectivity index (χ1) is 8.22. The number of hydrogen-bond donors (Lipinski definition) is 1. The third-order valence-electron chi connectivity index (χ3n) is 3.06. The number of nitrogens with zero attached hydrogens (tertiary/aromatic N) is 1. The number of rotatable bonds is 4. The summed E-state index contributed by atoms with van der Waals surface area (Å²) in [6.07, 6.45) is 1.01. The molecule has 94 valence electrons. The molecule has 2 rings (SSSR count). The number of methoxy groups -OCH3 is 1. The van der Waals surface area contributed by atoms with E-state index in [1.54, 1.807) is 12.1 Å². The molecule has 1 fully saturated rings. The van der Waals surface area contributed by atoms with Crippen LogP contribution in [0.2, 0.25) is 0 Å². The molecule has 1 aliphatic heterocycles.